The van der Waals surface area contributed by atoms with Gasteiger partial charge < -0.3 is 9.13 Å². The number of hydrogen-bond acceptors (Lipinski definition) is 3. The van der Waals surface area contributed by atoms with E-state index in [-0.39, 0.29) is 0 Å². The van der Waals surface area contributed by atoms with Crippen LogP contribution in [-0.2, 0) is 0 Å². The molecule has 5 aromatic heterocycles. The number of hydrogen-bond donors (Lipinski definition) is 0. The molecule has 400 valence electrons. The summed E-state index contributed by atoms with van der Waals surface area (Å²) < 4.78 is 7.11. The highest BCUT2D eigenvalue weighted by Gasteiger charge is 2.31. The number of rotatable bonds is 8. The molecule has 0 bridgehead atoms. The molecule has 0 N–H and O–H groups in total. The van der Waals surface area contributed by atoms with Gasteiger partial charge in [0.1, 0.15) is 11.6 Å². The largest absolute Gasteiger partial charge is 0.309 e. The maximum atomic E-state index is 5.71. The van der Waals surface area contributed by atoms with Gasteiger partial charge in [0.2, 0.25) is 0 Å². The third-order valence-corrected chi connectivity index (χ3v) is 17.8. The normalized spacial score (nSPS) is 12.2. The van der Waals surface area contributed by atoms with E-state index in [2.05, 4.69) is 322 Å². The lowest BCUT2D eigenvalue weighted by molar-refractivity contribution is 1.08. The average molecular weight is 1100 g/mol. The van der Waals surface area contributed by atoms with Crippen LogP contribution < -0.4 is 4.90 Å². The van der Waals surface area contributed by atoms with Crippen molar-refractivity contribution < 1.29 is 0 Å². The van der Waals surface area contributed by atoms with E-state index in [1.165, 1.54) is 65.6 Å². The minimum absolute atomic E-state index is 0.830. The maximum Gasteiger partial charge on any atom is 0.138 e. The van der Waals surface area contributed by atoms with Gasteiger partial charge in [-0.25, -0.2) is 9.97 Å². The SMILES string of the molecule is c1ccc(-c2ccc3c(c2)c2cc4c(cc2n3-c2cccc(-c3ccc5c(c3)c3ccccc3n5-c3ccccc3)n2)N(c2cccc(-c3ccc5c(c3)c3ccccc3n5-c3ccccc3)n2)c2cccc3c(-c5ccccc5)ccc-4c23)cc1. The van der Waals surface area contributed by atoms with Crippen LogP contribution in [0.4, 0.5) is 17.2 Å². The highest BCUT2D eigenvalue weighted by atomic mass is 15.2. The number of nitrogens with zero attached hydrogens (tertiary/aromatic N) is 6. The Balaban J connectivity index is 0.860. The Labute approximate surface area is 495 Å². The first-order chi connectivity index (χ1) is 42.7. The van der Waals surface area contributed by atoms with Crippen LogP contribution in [-0.4, -0.2) is 23.7 Å². The maximum absolute atomic E-state index is 5.71. The fraction of sp³-hybridized carbons (Fsp3) is 0. The third kappa shape index (κ3) is 7.33. The zero-order valence-electron chi connectivity index (χ0n) is 46.6. The number of pyridine rings is 2. The van der Waals surface area contributed by atoms with Crippen LogP contribution in [0.25, 0.3) is 149 Å². The van der Waals surface area contributed by atoms with Crippen LogP contribution in [0, 0.1) is 0 Å². The van der Waals surface area contributed by atoms with Crippen molar-refractivity contribution in [2.75, 3.05) is 4.90 Å². The molecule has 12 aromatic carbocycles. The lowest BCUT2D eigenvalue weighted by Crippen LogP contribution is -2.17. The summed E-state index contributed by atoms with van der Waals surface area (Å²) in [6.45, 7) is 0. The van der Waals surface area contributed by atoms with Crippen molar-refractivity contribution in [1.82, 2.24) is 23.7 Å². The van der Waals surface area contributed by atoms with E-state index in [1.807, 2.05) is 0 Å². The highest BCUT2D eigenvalue weighted by molar-refractivity contribution is 6.21. The fourth-order valence-electron chi connectivity index (χ4n) is 13.9. The van der Waals surface area contributed by atoms with Gasteiger partial charge in [-0.1, -0.05) is 188 Å². The van der Waals surface area contributed by atoms with Crippen molar-refractivity contribution in [3.8, 4) is 73.1 Å². The Hall–Kier alpha value is -11.6. The summed E-state index contributed by atoms with van der Waals surface area (Å²) in [7, 11) is 0. The molecule has 0 saturated carbocycles. The van der Waals surface area contributed by atoms with E-state index in [4.69, 9.17) is 9.97 Å². The standard InChI is InChI=1S/C80H50N6/c1-5-20-51(21-6-1)53-38-43-74-65(46-53)67-49-66-62-42-41-58(52-22-7-2-8-23-52)61-30-17-35-75(80(61)62)86(79-37-19-32-69(82-79)55-40-45-73-64(48-55)60-29-14-16-34-71(60)84(73)57-26-11-4-12-27-57)76(66)50-77(67)85(74)78-36-18-31-68(81-78)54-39-44-72-63(47-54)59-28-13-15-33-70(59)83(72)56-24-9-3-10-25-56/h1-50H. The number of anilines is 3. The molecule has 1 aliphatic heterocycles. The first-order valence-corrected chi connectivity index (χ1v) is 29.4. The minimum atomic E-state index is 0.830. The van der Waals surface area contributed by atoms with Crippen molar-refractivity contribution in [2.45, 2.75) is 0 Å². The van der Waals surface area contributed by atoms with Gasteiger partial charge in [0.15, 0.2) is 0 Å². The zero-order valence-corrected chi connectivity index (χ0v) is 46.6. The highest BCUT2D eigenvalue weighted by Crippen LogP contribution is 2.54. The molecule has 0 amide bonds. The number of aromatic nitrogens is 5. The topological polar surface area (TPSA) is 43.8 Å². The molecule has 86 heavy (non-hydrogen) atoms. The second-order valence-corrected chi connectivity index (χ2v) is 22.5. The Morgan fingerprint density at radius 2 is 0.674 bits per heavy atom. The molecule has 17 aromatic rings. The first-order valence-electron chi connectivity index (χ1n) is 29.4. The lowest BCUT2D eigenvalue weighted by atomic mass is 9.86. The Morgan fingerprint density at radius 1 is 0.221 bits per heavy atom. The summed E-state index contributed by atoms with van der Waals surface area (Å²) in [5.41, 5.74) is 22.1. The second-order valence-electron chi connectivity index (χ2n) is 22.5. The lowest BCUT2D eigenvalue weighted by Gasteiger charge is -2.33. The fourth-order valence-corrected chi connectivity index (χ4v) is 13.9. The number of fused-ring (bicyclic) bond motifs is 11. The van der Waals surface area contributed by atoms with Crippen LogP contribution >= 0.6 is 0 Å². The molecule has 0 aliphatic carbocycles. The summed E-state index contributed by atoms with van der Waals surface area (Å²) >= 11 is 0. The van der Waals surface area contributed by atoms with Crippen LogP contribution in [0.15, 0.2) is 303 Å². The molecule has 6 heteroatoms. The van der Waals surface area contributed by atoms with E-state index < -0.39 is 0 Å². The van der Waals surface area contributed by atoms with Crippen molar-refractivity contribution >= 4 is 93.4 Å². The minimum Gasteiger partial charge on any atom is -0.309 e. The molecule has 0 saturated heterocycles. The van der Waals surface area contributed by atoms with Crippen LogP contribution in [0.2, 0.25) is 0 Å². The summed E-state index contributed by atoms with van der Waals surface area (Å²) in [5.74, 6) is 1.67. The van der Waals surface area contributed by atoms with E-state index in [1.54, 1.807) is 0 Å². The zero-order chi connectivity index (χ0) is 56.4. The smallest absolute Gasteiger partial charge is 0.138 e. The molecule has 0 atom stereocenters. The van der Waals surface area contributed by atoms with Crippen LogP contribution in [0.1, 0.15) is 0 Å². The summed E-state index contributed by atoms with van der Waals surface area (Å²) in [4.78, 5) is 13.8. The summed E-state index contributed by atoms with van der Waals surface area (Å²) in [5, 5.41) is 9.45. The van der Waals surface area contributed by atoms with Gasteiger partial charge in [-0.3, -0.25) is 9.47 Å². The van der Waals surface area contributed by atoms with Crippen LogP contribution in [0.5, 0.6) is 0 Å². The Kier molecular flexibility index (Phi) is 10.6. The number of para-hydroxylation sites is 4. The molecule has 0 radical (unpaired) electrons. The van der Waals surface area contributed by atoms with Gasteiger partial charge in [0.25, 0.3) is 0 Å². The molecule has 6 heterocycles. The van der Waals surface area contributed by atoms with Gasteiger partial charge >= 0.3 is 0 Å². The number of benzene rings is 12. The molecular formula is C80H50N6. The van der Waals surface area contributed by atoms with E-state index in [9.17, 15) is 0 Å². The van der Waals surface area contributed by atoms with E-state index in [0.717, 1.165) is 101 Å². The molecule has 0 unspecified atom stereocenters. The summed E-state index contributed by atoms with van der Waals surface area (Å²) in [6.07, 6.45) is 0. The van der Waals surface area contributed by atoms with Crippen LogP contribution in [0.3, 0.4) is 0 Å². The van der Waals surface area contributed by atoms with E-state index >= 15 is 0 Å². The molecular weight excluding hydrogens is 1040 g/mol. The predicted molar refractivity (Wildman–Crippen MR) is 358 cm³/mol. The molecule has 1 aliphatic rings. The molecule has 0 fully saturated rings. The van der Waals surface area contributed by atoms with Gasteiger partial charge in [0, 0.05) is 65.8 Å². The Bertz CT molecular complexity index is 5580. The van der Waals surface area contributed by atoms with Gasteiger partial charge in [-0.2, -0.15) is 0 Å². The first kappa shape index (κ1) is 48.0. The molecule has 18 rings (SSSR count). The van der Waals surface area contributed by atoms with Gasteiger partial charge in [-0.05, 0) is 148 Å². The summed E-state index contributed by atoms with van der Waals surface area (Å²) in [6, 6.07) is 110. The predicted octanol–water partition coefficient (Wildman–Crippen LogP) is 21.0. The van der Waals surface area contributed by atoms with Gasteiger partial charge in [-0.15, -0.1) is 0 Å². The van der Waals surface area contributed by atoms with E-state index in [0.29, 0.717) is 0 Å². The van der Waals surface area contributed by atoms with Gasteiger partial charge in [0.05, 0.1) is 55.9 Å². The quantitative estimate of drug-likeness (QED) is 0.152. The van der Waals surface area contributed by atoms with Crippen molar-refractivity contribution in [2.24, 2.45) is 0 Å². The average Bonchev–Trinajstić information content (AvgIpc) is 1.95. The van der Waals surface area contributed by atoms with Crippen molar-refractivity contribution in [3.05, 3.63) is 303 Å². The Morgan fingerprint density at radius 3 is 1.30 bits per heavy atom. The van der Waals surface area contributed by atoms with Crippen molar-refractivity contribution in [1.29, 1.82) is 0 Å². The second kappa shape index (κ2) is 19.0. The van der Waals surface area contributed by atoms with Crippen molar-refractivity contribution in [3.63, 3.8) is 0 Å². The monoisotopic (exact) mass is 1090 g/mol. The third-order valence-electron chi connectivity index (χ3n) is 17.8. The molecule has 6 nitrogen and oxygen atoms in total. The molecule has 0 spiro atoms.